The lowest BCUT2D eigenvalue weighted by atomic mass is 10.0. The van der Waals surface area contributed by atoms with Crippen molar-refractivity contribution in [3.63, 3.8) is 0 Å². The fraction of sp³-hybridized carbons (Fsp3) is 0.400. The largest absolute Gasteiger partial charge is 0.497 e. The molecule has 0 saturated carbocycles. The molecule has 2 aromatic carbocycles. The molecular weight excluding hydrogens is 336 g/mol. The van der Waals surface area contributed by atoms with Gasteiger partial charge in [0.05, 0.1) is 13.7 Å². The van der Waals surface area contributed by atoms with Crippen LogP contribution in [0.3, 0.4) is 0 Å². The molecule has 0 aromatic heterocycles. The normalized spacial score (nSPS) is 25.7. The molecule has 0 radical (unpaired) electrons. The molecule has 6 nitrogen and oxygen atoms in total. The molecular formula is C20H24O6. The quantitative estimate of drug-likeness (QED) is 0.817. The van der Waals surface area contributed by atoms with Crippen LogP contribution in [0.2, 0.25) is 0 Å². The van der Waals surface area contributed by atoms with Gasteiger partial charge < -0.3 is 29.2 Å². The van der Waals surface area contributed by atoms with E-state index in [1.54, 1.807) is 7.11 Å². The van der Waals surface area contributed by atoms with Crippen molar-refractivity contribution in [3.8, 4) is 11.5 Å². The fourth-order valence-corrected chi connectivity index (χ4v) is 2.92. The number of ether oxygens (including phenoxy) is 4. The first-order valence-electron chi connectivity index (χ1n) is 8.50. The van der Waals surface area contributed by atoms with E-state index in [0.717, 1.165) is 17.7 Å². The zero-order chi connectivity index (χ0) is 18.5. The van der Waals surface area contributed by atoms with Gasteiger partial charge in [-0.15, -0.1) is 0 Å². The molecule has 0 spiro atoms. The maximum absolute atomic E-state index is 9.99. The van der Waals surface area contributed by atoms with Crippen LogP contribution in [0.4, 0.5) is 0 Å². The van der Waals surface area contributed by atoms with Crippen LogP contribution in [-0.4, -0.2) is 55.6 Å². The lowest BCUT2D eigenvalue weighted by molar-refractivity contribution is -0.249. The SMILES string of the molecule is COc1ccc(Cc2ccc(O[C@H]3OC[C@H](O)[C@H](O)[C@H]3OC)cc2)cc1. The molecule has 1 aliphatic rings. The van der Waals surface area contributed by atoms with Crippen LogP contribution in [0.25, 0.3) is 0 Å². The van der Waals surface area contributed by atoms with Gasteiger partial charge >= 0.3 is 0 Å². The van der Waals surface area contributed by atoms with Gasteiger partial charge in [-0.05, 0) is 41.8 Å². The highest BCUT2D eigenvalue weighted by Gasteiger charge is 2.40. The topological polar surface area (TPSA) is 77.4 Å². The van der Waals surface area contributed by atoms with Gasteiger partial charge in [0.1, 0.15) is 29.8 Å². The molecule has 1 fully saturated rings. The average Bonchev–Trinajstić information content (AvgIpc) is 2.67. The van der Waals surface area contributed by atoms with Gasteiger partial charge in [-0.1, -0.05) is 24.3 Å². The summed E-state index contributed by atoms with van der Waals surface area (Å²) in [6.45, 7) is 0.00124. The fourth-order valence-electron chi connectivity index (χ4n) is 2.92. The van der Waals surface area contributed by atoms with Gasteiger partial charge in [-0.3, -0.25) is 0 Å². The maximum Gasteiger partial charge on any atom is 0.229 e. The Morgan fingerprint density at radius 2 is 1.50 bits per heavy atom. The van der Waals surface area contributed by atoms with E-state index >= 15 is 0 Å². The van der Waals surface area contributed by atoms with Crippen molar-refractivity contribution in [1.82, 2.24) is 0 Å². The van der Waals surface area contributed by atoms with Crippen molar-refractivity contribution in [2.24, 2.45) is 0 Å². The van der Waals surface area contributed by atoms with E-state index in [9.17, 15) is 10.2 Å². The van der Waals surface area contributed by atoms with Gasteiger partial charge in [-0.25, -0.2) is 0 Å². The molecule has 1 saturated heterocycles. The van der Waals surface area contributed by atoms with Crippen LogP contribution < -0.4 is 9.47 Å². The van der Waals surface area contributed by atoms with Gasteiger partial charge in [0, 0.05) is 7.11 Å². The van der Waals surface area contributed by atoms with Gasteiger partial charge in [0.25, 0.3) is 0 Å². The van der Waals surface area contributed by atoms with Crippen molar-refractivity contribution in [2.75, 3.05) is 20.8 Å². The van der Waals surface area contributed by atoms with Crippen LogP contribution in [0.5, 0.6) is 11.5 Å². The standard InChI is InChI=1S/C20H24O6/c1-23-15-7-3-13(4-8-15)11-14-5-9-16(10-6-14)26-20-19(24-2)18(22)17(21)12-25-20/h3-10,17-22H,11-12H2,1-2H3/t17-,18-,19+,20+/m0/s1. The molecule has 6 heteroatoms. The number of aliphatic hydroxyl groups is 2. The molecule has 140 valence electrons. The van der Waals surface area contributed by atoms with Crippen LogP contribution >= 0.6 is 0 Å². The summed E-state index contributed by atoms with van der Waals surface area (Å²) in [5.74, 6) is 1.45. The summed E-state index contributed by atoms with van der Waals surface area (Å²) in [5, 5.41) is 19.6. The molecule has 0 bridgehead atoms. The second-order valence-electron chi connectivity index (χ2n) is 6.25. The molecule has 0 amide bonds. The predicted molar refractivity (Wildman–Crippen MR) is 95.4 cm³/mol. The smallest absolute Gasteiger partial charge is 0.229 e. The van der Waals surface area contributed by atoms with Crippen molar-refractivity contribution in [2.45, 2.75) is 31.0 Å². The minimum atomic E-state index is -1.05. The van der Waals surface area contributed by atoms with Crippen LogP contribution in [0, 0.1) is 0 Å². The van der Waals surface area contributed by atoms with Crippen LogP contribution in [-0.2, 0) is 15.9 Å². The van der Waals surface area contributed by atoms with E-state index in [1.165, 1.54) is 12.7 Å². The van der Waals surface area contributed by atoms with E-state index in [4.69, 9.17) is 18.9 Å². The summed E-state index contributed by atoms with van der Waals surface area (Å²) < 4.78 is 21.6. The van der Waals surface area contributed by atoms with Crippen molar-refractivity contribution >= 4 is 0 Å². The number of hydrogen-bond donors (Lipinski definition) is 2. The summed E-state index contributed by atoms with van der Waals surface area (Å²) in [5.41, 5.74) is 2.33. The minimum Gasteiger partial charge on any atom is -0.497 e. The third-order valence-electron chi connectivity index (χ3n) is 4.45. The molecule has 1 heterocycles. The molecule has 3 rings (SSSR count). The first-order valence-corrected chi connectivity index (χ1v) is 8.50. The Labute approximate surface area is 152 Å². The number of methoxy groups -OCH3 is 2. The lowest BCUT2D eigenvalue weighted by Gasteiger charge is -2.36. The lowest BCUT2D eigenvalue weighted by Crippen LogP contribution is -2.55. The van der Waals surface area contributed by atoms with E-state index < -0.39 is 24.6 Å². The summed E-state index contributed by atoms with van der Waals surface area (Å²) in [4.78, 5) is 0. The molecule has 0 aliphatic carbocycles. The second-order valence-corrected chi connectivity index (χ2v) is 6.25. The maximum atomic E-state index is 9.99. The Balaban J connectivity index is 1.62. The van der Waals surface area contributed by atoms with Gasteiger partial charge in [-0.2, -0.15) is 0 Å². The third kappa shape index (κ3) is 4.34. The Morgan fingerprint density at radius 3 is 2.04 bits per heavy atom. The van der Waals surface area contributed by atoms with Crippen molar-refractivity contribution < 1.29 is 29.2 Å². The average molecular weight is 360 g/mol. The van der Waals surface area contributed by atoms with Crippen molar-refractivity contribution in [1.29, 1.82) is 0 Å². The zero-order valence-electron chi connectivity index (χ0n) is 14.9. The molecule has 1 aliphatic heterocycles. The van der Waals surface area contributed by atoms with Gasteiger partial charge in [0.2, 0.25) is 6.29 Å². The monoisotopic (exact) mass is 360 g/mol. The highest BCUT2D eigenvalue weighted by Crippen LogP contribution is 2.23. The molecule has 26 heavy (non-hydrogen) atoms. The zero-order valence-corrected chi connectivity index (χ0v) is 14.9. The Kier molecular flexibility index (Phi) is 6.11. The minimum absolute atomic E-state index is 0.00124. The number of hydrogen-bond acceptors (Lipinski definition) is 6. The van der Waals surface area contributed by atoms with E-state index in [2.05, 4.69) is 0 Å². The first kappa shape index (κ1) is 18.7. The molecule has 2 N–H and O–H groups in total. The van der Waals surface area contributed by atoms with Gasteiger partial charge in [0.15, 0.2) is 0 Å². The van der Waals surface area contributed by atoms with E-state index in [-0.39, 0.29) is 6.61 Å². The predicted octanol–water partition coefficient (Wildman–Crippen LogP) is 1.76. The number of benzene rings is 2. The molecule has 4 atom stereocenters. The second kappa shape index (κ2) is 8.51. The Hall–Kier alpha value is -2.12. The Bertz CT molecular complexity index is 684. The Morgan fingerprint density at radius 1 is 0.923 bits per heavy atom. The first-order chi connectivity index (χ1) is 12.6. The summed E-state index contributed by atoms with van der Waals surface area (Å²) in [6.07, 6.45) is -2.75. The number of aliphatic hydroxyl groups excluding tert-OH is 2. The molecule has 2 aromatic rings. The summed E-state index contributed by atoms with van der Waals surface area (Å²) in [6, 6.07) is 15.6. The summed E-state index contributed by atoms with van der Waals surface area (Å²) >= 11 is 0. The third-order valence-corrected chi connectivity index (χ3v) is 4.45. The van der Waals surface area contributed by atoms with Crippen molar-refractivity contribution in [3.05, 3.63) is 59.7 Å². The van der Waals surface area contributed by atoms with E-state index in [1.807, 2.05) is 48.5 Å². The molecule has 0 unspecified atom stereocenters. The van der Waals surface area contributed by atoms with Crippen LogP contribution in [0.1, 0.15) is 11.1 Å². The highest BCUT2D eigenvalue weighted by molar-refractivity contribution is 5.34. The van der Waals surface area contributed by atoms with Crippen LogP contribution in [0.15, 0.2) is 48.5 Å². The number of rotatable bonds is 6. The summed E-state index contributed by atoms with van der Waals surface area (Å²) in [7, 11) is 3.10. The van der Waals surface area contributed by atoms with E-state index in [0.29, 0.717) is 5.75 Å². The highest BCUT2D eigenvalue weighted by atomic mass is 16.7.